The average Bonchev–Trinajstić information content (AvgIpc) is 3.00. The number of ether oxygens (including phenoxy) is 1. The summed E-state index contributed by atoms with van der Waals surface area (Å²) in [6.45, 7) is 0. The highest BCUT2D eigenvalue weighted by Crippen LogP contribution is 2.37. The second-order valence-electron chi connectivity index (χ2n) is 5.46. The first-order valence-electron chi connectivity index (χ1n) is 7.35. The Morgan fingerprint density at radius 1 is 1.32 bits per heavy atom. The molecule has 0 unspecified atom stereocenters. The zero-order valence-electron chi connectivity index (χ0n) is 13.2. The zero-order valence-corrected chi connectivity index (χ0v) is 15.5. The van der Waals surface area contributed by atoms with Crippen LogP contribution in [0.5, 0.6) is 5.75 Å². The normalized spacial score (nSPS) is 16.7. The molecule has 1 heterocycles. The van der Waals surface area contributed by atoms with Gasteiger partial charge in [-0.1, -0.05) is 29.3 Å². The quantitative estimate of drug-likeness (QED) is 0.772. The predicted molar refractivity (Wildman–Crippen MR) is 102 cm³/mol. The van der Waals surface area contributed by atoms with Crippen LogP contribution in [0.15, 0.2) is 41.5 Å². The number of methoxy groups -OCH3 is 1. The van der Waals surface area contributed by atoms with Gasteiger partial charge in [0.05, 0.1) is 18.9 Å². The van der Waals surface area contributed by atoms with Crippen molar-refractivity contribution in [2.45, 2.75) is 12.5 Å². The van der Waals surface area contributed by atoms with E-state index in [-0.39, 0.29) is 16.9 Å². The molecule has 2 N–H and O–H groups in total. The van der Waals surface area contributed by atoms with Crippen LogP contribution in [-0.4, -0.2) is 22.9 Å². The molecule has 0 saturated heterocycles. The molecule has 0 saturated carbocycles. The Labute approximate surface area is 160 Å². The van der Waals surface area contributed by atoms with Gasteiger partial charge in [0.1, 0.15) is 0 Å². The molecule has 3 rings (SSSR count). The molecule has 1 aliphatic heterocycles. The molecule has 0 amide bonds. The average molecular weight is 398 g/mol. The SMILES string of the molecule is COc1ccc(C2=NN(C(N)=S)[C@@H](c3ccc(Cl)cc3Cl)C2)cc1F. The number of benzene rings is 2. The van der Waals surface area contributed by atoms with Gasteiger partial charge in [0.25, 0.3) is 0 Å². The van der Waals surface area contributed by atoms with E-state index in [1.165, 1.54) is 18.2 Å². The molecule has 0 spiro atoms. The van der Waals surface area contributed by atoms with Crippen molar-refractivity contribution in [3.05, 3.63) is 63.4 Å². The Morgan fingerprint density at radius 3 is 2.68 bits per heavy atom. The number of halogens is 3. The largest absolute Gasteiger partial charge is 0.494 e. The van der Waals surface area contributed by atoms with Crippen molar-refractivity contribution in [2.75, 3.05) is 7.11 Å². The van der Waals surface area contributed by atoms with E-state index in [4.69, 9.17) is 45.9 Å². The molecular formula is C17H14Cl2FN3OS. The van der Waals surface area contributed by atoms with Crippen molar-refractivity contribution in [3.63, 3.8) is 0 Å². The van der Waals surface area contributed by atoms with Gasteiger partial charge >= 0.3 is 0 Å². The van der Waals surface area contributed by atoms with Crippen LogP contribution in [-0.2, 0) is 0 Å². The Bertz CT molecular complexity index is 875. The number of hydrogen-bond acceptors (Lipinski definition) is 3. The minimum Gasteiger partial charge on any atom is -0.494 e. The van der Waals surface area contributed by atoms with Gasteiger partial charge in [0.2, 0.25) is 0 Å². The lowest BCUT2D eigenvalue weighted by Crippen LogP contribution is -2.31. The summed E-state index contributed by atoms with van der Waals surface area (Å²) in [5.74, 6) is -0.289. The third kappa shape index (κ3) is 3.56. The van der Waals surface area contributed by atoms with Crippen LogP contribution in [0.1, 0.15) is 23.6 Å². The third-order valence-corrected chi connectivity index (χ3v) is 4.69. The summed E-state index contributed by atoms with van der Waals surface area (Å²) in [7, 11) is 1.42. The molecule has 0 aliphatic carbocycles. The Balaban J connectivity index is 1.97. The number of hydrogen-bond donors (Lipinski definition) is 1. The molecule has 25 heavy (non-hydrogen) atoms. The zero-order chi connectivity index (χ0) is 18.1. The molecule has 0 radical (unpaired) electrons. The number of nitrogens with zero attached hydrogens (tertiary/aromatic N) is 2. The fourth-order valence-electron chi connectivity index (χ4n) is 2.75. The maximum absolute atomic E-state index is 14.0. The first-order chi connectivity index (χ1) is 11.9. The van der Waals surface area contributed by atoms with Crippen LogP contribution < -0.4 is 10.5 Å². The van der Waals surface area contributed by atoms with Gasteiger partial charge in [-0.15, -0.1) is 0 Å². The van der Waals surface area contributed by atoms with E-state index in [1.54, 1.807) is 24.3 Å². The highest BCUT2D eigenvalue weighted by atomic mass is 35.5. The van der Waals surface area contributed by atoms with Crippen LogP contribution in [0, 0.1) is 5.82 Å². The molecule has 2 aromatic rings. The van der Waals surface area contributed by atoms with Gasteiger partial charge in [0, 0.05) is 22.0 Å². The number of hydrazone groups is 1. The Kier molecular flexibility index (Phi) is 5.13. The molecule has 0 fully saturated rings. The maximum atomic E-state index is 14.0. The van der Waals surface area contributed by atoms with E-state index < -0.39 is 5.82 Å². The van der Waals surface area contributed by atoms with Crippen molar-refractivity contribution in [1.82, 2.24) is 5.01 Å². The van der Waals surface area contributed by atoms with Crippen molar-refractivity contribution >= 4 is 46.2 Å². The fraction of sp³-hybridized carbons (Fsp3) is 0.176. The molecule has 1 atom stereocenters. The lowest BCUT2D eigenvalue weighted by molar-refractivity contribution is 0.373. The summed E-state index contributed by atoms with van der Waals surface area (Å²) in [5.41, 5.74) is 7.90. The van der Waals surface area contributed by atoms with E-state index in [0.717, 1.165) is 5.56 Å². The van der Waals surface area contributed by atoms with E-state index >= 15 is 0 Å². The lowest BCUT2D eigenvalue weighted by atomic mass is 9.98. The van der Waals surface area contributed by atoms with E-state index in [1.807, 2.05) is 6.07 Å². The molecule has 1 aliphatic rings. The maximum Gasteiger partial charge on any atom is 0.187 e. The smallest absolute Gasteiger partial charge is 0.187 e. The second-order valence-corrected chi connectivity index (χ2v) is 6.73. The van der Waals surface area contributed by atoms with E-state index in [9.17, 15) is 4.39 Å². The Hall–Kier alpha value is -1.89. The van der Waals surface area contributed by atoms with E-state index in [2.05, 4.69) is 5.10 Å². The minimum absolute atomic E-state index is 0.111. The summed E-state index contributed by atoms with van der Waals surface area (Å²) >= 11 is 17.4. The Morgan fingerprint density at radius 2 is 2.08 bits per heavy atom. The molecule has 0 bridgehead atoms. The van der Waals surface area contributed by atoms with Crippen LogP contribution in [0.2, 0.25) is 10.0 Å². The molecular weight excluding hydrogens is 384 g/mol. The van der Waals surface area contributed by atoms with Gasteiger partial charge in [-0.3, -0.25) is 0 Å². The molecule has 0 aromatic heterocycles. The van der Waals surface area contributed by atoms with Gasteiger partial charge in [-0.05, 0) is 48.1 Å². The van der Waals surface area contributed by atoms with Crippen molar-refractivity contribution in [2.24, 2.45) is 10.8 Å². The molecule has 4 nitrogen and oxygen atoms in total. The van der Waals surface area contributed by atoms with Gasteiger partial charge in [-0.25, -0.2) is 9.40 Å². The van der Waals surface area contributed by atoms with Crippen molar-refractivity contribution in [1.29, 1.82) is 0 Å². The van der Waals surface area contributed by atoms with E-state index in [0.29, 0.717) is 27.7 Å². The van der Waals surface area contributed by atoms with Crippen molar-refractivity contribution in [3.8, 4) is 5.75 Å². The minimum atomic E-state index is -0.461. The molecule has 2 aromatic carbocycles. The number of rotatable bonds is 3. The van der Waals surface area contributed by atoms with Gasteiger partial charge in [0.15, 0.2) is 16.7 Å². The van der Waals surface area contributed by atoms with Gasteiger partial charge < -0.3 is 10.5 Å². The molecule has 130 valence electrons. The highest BCUT2D eigenvalue weighted by Gasteiger charge is 2.32. The fourth-order valence-corrected chi connectivity index (χ4v) is 3.45. The third-order valence-electron chi connectivity index (χ3n) is 3.94. The first kappa shape index (κ1) is 17.9. The van der Waals surface area contributed by atoms with Gasteiger partial charge in [-0.2, -0.15) is 5.10 Å². The number of thiocarbonyl (C=S) groups is 1. The van der Waals surface area contributed by atoms with Crippen LogP contribution >= 0.6 is 35.4 Å². The summed E-state index contributed by atoms with van der Waals surface area (Å²) in [6, 6.07) is 9.61. The summed E-state index contributed by atoms with van der Waals surface area (Å²) < 4.78 is 19.0. The second kappa shape index (κ2) is 7.15. The predicted octanol–water partition coefficient (Wildman–Crippen LogP) is 4.54. The lowest BCUT2D eigenvalue weighted by Gasteiger charge is -2.22. The molecule has 8 heteroatoms. The van der Waals surface area contributed by atoms with Crippen LogP contribution in [0.3, 0.4) is 0 Å². The number of nitrogens with two attached hydrogens (primary N) is 1. The summed E-state index contributed by atoms with van der Waals surface area (Å²) in [6.07, 6.45) is 0.477. The topological polar surface area (TPSA) is 50.8 Å². The van der Waals surface area contributed by atoms with Crippen molar-refractivity contribution < 1.29 is 9.13 Å². The first-order valence-corrected chi connectivity index (χ1v) is 8.52. The summed E-state index contributed by atoms with van der Waals surface area (Å²) in [4.78, 5) is 0. The summed E-state index contributed by atoms with van der Waals surface area (Å²) in [5, 5.41) is 7.12. The van der Waals surface area contributed by atoms with Crippen LogP contribution in [0.25, 0.3) is 0 Å². The highest BCUT2D eigenvalue weighted by molar-refractivity contribution is 7.80. The van der Waals surface area contributed by atoms with Crippen LogP contribution in [0.4, 0.5) is 4.39 Å². The standard InChI is InChI=1S/C17H14Cl2FN3OS/c1-24-16-5-2-9(6-13(16)20)14-8-15(23(22-14)17(21)25)11-4-3-10(18)7-12(11)19/h2-7,15H,8H2,1H3,(H2,21,25)/t15-/m1/s1. The monoisotopic (exact) mass is 397 g/mol.